The van der Waals surface area contributed by atoms with Crippen LogP contribution >= 0.6 is 0 Å². The van der Waals surface area contributed by atoms with Crippen LogP contribution in [0.4, 0.5) is 0 Å². The Labute approximate surface area is 137 Å². The van der Waals surface area contributed by atoms with Crippen LogP contribution in [0, 0.1) is 5.92 Å². The van der Waals surface area contributed by atoms with E-state index in [1.807, 2.05) is 66.7 Å². The van der Waals surface area contributed by atoms with Gasteiger partial charge in [-0.2, -0.15) is 0 Å². The summed E-state index contributed by atoms with van der Waals surface area (Å²) in [5, 5.41) is 12.3. The summed E-state index contributed by atoms with van der Waals surface area (Å²) in [6.07, 6.45) is 2.38. The van der Waals surface area contributed by atoms with Gasteiger partial charge in [0.05, 0.1) is 0 Å². The van der Waals surface area contributed by atoms with E-state index in [0.717, 1.165) is 22.6 Å². The maximum Gasteiger partial charge on any atom is 0.0377 e. The fourth-order valence-corrected chi connectivity index (χ4v) is 2.60. The highest BCUT2D eigenvalue weighted by Crippen LogP contribution is 2.28. The molecule has 0 aromatic heterocycles. The Kier molecular flexibility index (Phi) is 4.90. The Morgan fingerprint density at radius 3 is 1.43 bits per heavy atom. The van der Waals surface area contributed by atoms with Gasteiger partial charge in [-0.1, -0.05) is 97.1 Å². The molecule has 0 aliphatic carbocycles. The molecular weight excluding hydrogens is 280 g/mol. The first-order chi connectivity index (χ1) is 11.3. The molecular formula is C22H18O-. The fraction of sp³-hybridized carbons (Fsp3) is 0.0455. The molecule has 0 heterocycles. The molecule has 1 nitrogen and oxygen atoms in total. The van der Waals surface area contributed by atoms with Crippen LogP contribution in [0.5, 0.6) is 0 Å². The standard InChI is InChI=1S/C22H19O/c23-22(20-14-8-3-9-15-20)17-16-21(18-10-4-1-5-11-18)19-12-6-2-7-13-19/h1-15,17,23H,16H2/p-1/b22-17-. The second-order valence-corrected chi connectivity index (χ2v) is 5.35. The predicted octanol–water partition coefficient (Wildman–Crippen LogP) is 4.45. The summed E-state index contributed by atoms with van der Waals surface area (Å²) >= 11 is 0. The van der Waals surface area contributed by atoms with Gasteiger partial charge in [-0.05, 0) is 23.1 Å². The van der Waals surface area contributed by atoms with Crippen molar-refractivity contribution in [2.24, 2.45) is 0 Å². The van der Waals surface area contributed by atoms with E-state index in [9.17, 15) is 5.11 Å². The molecule has 113 valence electrons. The molecule has 1 radical (unpaired) electrons. The van der Waals surface area contributed by atoms with Gasteiger partial charge in [-0.15, -0.1) is 5.76 Å². The molecule has 0 saturated heterocycles. The molecule has 0 amide bonds. The van der Waals surface area contributed by atoms with Crippen molar-refractivity contribution < 1.29 is 5.11 Å². The summed E-state index contributed by atoms with van der Waals surface area (Å²) in [4.78, 5) is 0. The molecule has 3 aromatic carbocycles. The molecule has 0 fully saturated rings. The number of hydrogen-bond donors (Lipinski definition) is 0. The quantitative estimate of drug-likeness (QED) is 0.638. The Hall–Kier alpha value is -2.80. The minimum Gasteiger partial charge on any atom is -0.872 e. The van der Waals surface area contributed by atoms with Crippen LogP contribution in [0.25, 0.3) is 5.76 Å². The summed E-state index contributed by atoms with van der Waals surface area (Å²) in [7, 11) is 0. The highest BCUT2D eigenvalue weighted by Gasteiger charge is 2.12. The van der Waals surface area contributed by atoms with Gasteiger partial charge in [-0.3, -0.25) is 0 Å². The minimum absolute atomic E-state index is 0.0648. The first-order valence-corrected chi connectivity index (χ1v) is 7.74. The molecule has 0 aliphatic heterocycles. The largest absolute Gasteiger partial charge is 0.872 e. The Bertz CT molecular complexity index is 706. The SMILES string of the molecule is [O-]/C(=C\C[C](c1ccccc1)c1ccccc1)c1ccccc1. The molecule has 0 saturated carbocycles. The Balaban J connectivity index is 1.88. The lowest BCUT2D eigenvalue weighted by atomic mass is 9.88. The van der Waals surface area contributed by atoms with Crippen molar-refractivity contribution in [3.8, 4) is 0 Å². The van der Waals surface area contributed by atoms with Crippen molar-refractivity contribution >= 4 is 5.76 Å². The molecule has 0 bridgehead atoms. The second-order valence-electron chi connectivity index (χ2n) is 5.35. The average molecular weight is 298 g/mol. The van der Waals surface area contributed by atoms with E-state index < -0.39 is 0 Å². The number of rotatable bonds is 5. The van der Waals surface area contributed by atoms with Crippen LogP contribution in [-0.4, -0.2) is 0 Å². The maximum absolute atomic E-state index is 12.3. The topological polar surface area (TPSA) is 23.1 Å². The van der Waals surface area contributed by atoms with Gasteiger partial charge in [0, 0.05) is 5.92 Å². The molecule has 0 unspecified atom stereocenters. The third-order valence-electron chi connectivity index (χ3n) is 3.79. The van der Waals surface area contributed by atoms with E-state index in [1.54, 1.807) is 6.08 Å². The average Bonchev–Trinajstić information content (AvgIpc) is 2.64. The van der Waals surface area contributed by atoms with E-state index in [1.165, 1.54) is 0 Å². The smallest absolute Gasteiger partial charge is 0.0377 e. The summed E-state index contributed by atoms with van der Waals surface area (Å²) in [5.74, 6) is 1.23. The van der Waals surface area contributed by atoms with Crippen LogP contribution in [0.15, 0.2) is 97.1 Å². The van der Waals surface area contributed by atoms with Crippen molar-refractivity contribution in [3.63, 3.8) is 0 Å². The third-order valence-corrected chi connectivity index (χ3v) is 3.79. The predicted molar refractivity (Wildman–Crippen MR) is 93.4 cm³/mol. The van der Waals surface area contributed by atoms with E-state index in [4.69, 9.17) is 0 Å². The van der Waals surface area contributed by atoms with Crippen molar-refractivity contribution in [2.75, 3.05) is 0 Å². The zero-order chi connectivity index (χ0) is 15.9. The van der Waals surface area contributed by atoms with Gasteiger partial charge in [0.1, 0.15) is 0 Å². The van der Waals surface area contributed by atoms with E-state index in [-0.39, 0.29) is 5.76 Å². The highest BCUT2D eigenvalue weighted by molar-refractivity contribution is 5.58. The monoisotopic (exact) mass is 298 g/mol. The Morgan fingerprint density at radius 2 is 1.00 bits per heavy atom. The molecule has 3 aromatic rings. The second kappa shape index (κ2) is 7.46. The molecule has 0 spiro atoms. The number of allylic oxidation sites excluding steroid dienone is 1. The fourth-order valence-electron chi connectivity index (χ4n) is 2.60. The summed E-state index contributed by atoms with van der Waals surface area (Å²) < 4.78 is 0. The van der Waals surface area contributed by atoms with Gasteiger partial charge in [-0.25, -0.2) is 0 Å². The summed E-state index contributed by atoms with van der Waals surface area (Å²) in [5.41, 5.74) is 3.03. The molecule has 23 heavy (non-hydrogen) atoms. The highest BCUT2D eigenvalue weighted by atomic mass is 16.3. The summed E-state index contributed by atoms with van der Waals surface area (Å²) in [6.45, 7) is 0. The lowest BCUT2D eigenvalue weighted by Gasteiger charge is -2.18. The summed E-state index contributed by atoms with van der Waals surface area (Å²) in [6, 6.07) is 29.9. The lowest BCUT2D eigenvalue weighted by molar-refractivity contribution is -0.244. The molecule has 0 aliphatic rings. The van der Waals surface area contributed by atoms with Crippen molar-refractivity contribution in [2.45, 2.75) is 6.42 Å². The Morgan fingerprint density at radius 1 is 0.609 bits per heavy atom. The van der Waals surface area contributed by atoms with Crippen LogP contribution in [0.3, 0.4) is 0 Å². The third kappa shape index (κ3) is 3.89. The van der Waals surface area contributed by atoms with E-state index >= 15 is 0 Å². The van der Waals surface area contributed by atoms with Crippen molar-refractivity contribution in [1.82, 2.24) is 0 Å². The van der Waals surface area contributed by atoms with Gasteiger partial charge in [0.15, 0.2) is 0 Å². The number of hydrogen-bond acceptors (Lipinski definition) is 1. The molecule has 3 rings (SSSR count). The van der Waals surface area contributed by atoms with Crippen LogP contribution in [0.1, 0.15) is 23.1 Å². The first kappa shape index (κ1) is 15.1. The normalized spacial score (nSPS) is 11.6. The zero-order valence-electron chi connectivity index (χ0n) is 12.9. The molecule has 0 N–H and O–H groups in total. The van der Waals surface area contributed by atoms with Gasteiger partial charge in [0.25, 0.3) is 0 Å². The van der Waals surface area contributed by atoms with E-state index in [0.29, 0.717) is 6.42 Å². The maximum atomic E-state index is 12.3. The minimum atomic E-state index is 0.0648. The molecule has 0 atom stereocenters. The molecule has 1 heteroatoms. The first-order valence-electron chi connectivity index (χ1n) is 7.74. The van der Waals surface area contributed by atoms with Gasteiger partial charge in [0.2, 0.25) is 0 Å². The van der Waals surface area contributed by atoms with Crippen LogP contribution < -0.4 is 5.11 Å². The van der Waals surface area contributed by atoms with Crippen molar-refractivity contribution in [1.29, 1.82) is 0 Å². The zero-order valence-corrected chi connectivity index (χ0v) is 12.9. The van der Waals surface area contributed by atoms with Crippen LogP contribution in [-0.2, 0) is 0 Å². The van der Waals surface area contributed by atoms with Crippen LogP contribution in [0.2, 0.25) is 0 Å². The lowest BCUT2D eigenvalue weighted by Crippen LogP contribution is -2.05. The van der Waals surface area contributed by atoms with Gasteiger partial charge >= 0.3 is 0 Å². The number of benzene rings is 3. The van der Waals surface area contributed by atoms with Gasteiger partial charge < -0.3 is 5.11 Å². The van der Waals surface area contributed by atoms with Crippen molar-refractivity contribution in [3.05, 3.63) is 120 Å². The van der Waals surface area contributed by atoms with E-state index in [2.05, 4.69) is 24.3 Å².